The van der Waals surface area contributed by atoms with Gasteiger partial charge in [0.05, 0.1) is 0 Å². The number of aromatic nitrogens is 2. The minimum absolute atomic E-state index is 0.646. The summed E-state index contributed by atoms with van der Waals surface area (Å²) in [5, 5.41) is 10.6. The fraction of sp³-hybridized carbons (Fsp3) is 0.867. The summed E-state index contributed by atoms with van der Waals surface area (Å²) in [5.74, 6) is 0.646. The van der Waals surface area contributed by atoms with E-state index in [1.54, 1.807) is 11.3 Å². The molecule has 0 radical (unpaired) electrons. The largest absolute Gasteiger partial charge is 0.144 e. The van der Waals surface area contributed by atoms with Gasteiger partial charge in [0, 0.05) is 18.7 Å². The molecule has 1 aromatic heterocycles. The fourth-order valence-corrected chi connectivity index (χ4v) is 3.34. The molecular formula is C15H27ClN2S. The molecule has 0 unspecified atom stereocenters. The number of hydrogen-bond donors (Lipinski definition) is 0. The predicted octanol–water partition coefficient (Wildman–Crippen LogP) is 5.39. The third kappa shape index (κ3) is 8.59. The number of nitrogens with zero attached hydrogens (tertiary/aromatic N) is 2. The van der Waals surface area contributed by atoms with Gasteiger partial charge in [-0.25, -0.2) is 0 Å². The quantitative estimate of drug-likeness (QED) is 0.382. The van der Waals surface area contributed by atoms with Crippen molar-refractivity contribution >= 4 is 22.9 Å². The van der Waals surface area contributed by atoms with Crippen LogP contribution < -0.4 is 0 Å². The molecule has 1 rings (SSSR count). The van der Waals surface area contributed by atoms with Crippen LogP contribution in [-0.4, -0.2) is 16.1 Å². The van der Waals surface area contributed by atoms with Crippen LogP contribution in [0, 0.1) is 0 Å². The highest BCUT2D eigenvalue weighted by Crippen LogP contribution is 2.15. The second-order valence-corrected chi connectivity index (χ2v) is 6.63. The molecule has 0 aliphatic carbocycles. The molecule has 0 atom stereocenters. The van der Waals surface area contributed by atoms with Crippen LogP contribution in [0.15, 0.2) is 0 Å². The topological polar surface area (TPSA) is 25.8 Å². The summed E-state index contributed by atoms with van der Waals surface area (Å²) < 4.78 is 0. The van der Waals surface area contributed by atoms with Crippen molar-refractivity contribution in [2.75, 3.05) is 5.88 Å². The van der Waals surface area contributed by atoms with E-state index >= 15 is 0 Å². The Morgan fingerprint density at radius 2 is 1.32 bits per heavy atom. The maximum atomic E-state index is 5.69. The lowest BCUT2D eigenvalue weighted by Gasteiger charge is -2.00. The molecule has 0 saturated heterocycles. The first-order valence-electron chi connectivity index (χ1n) is 7.74. The maximum Gasteiger partial charge on any atom is 0.118 e. The van der Waals surface area contributed by atoms with Gasteiger partial charge in [-0.1, -0.05) is 58.3 Å². The summed E-state index contributed by atoms with van der Waals surface area (Å²) in [5.41, 5.74) is 0. The SMILES string of the molecule is CCCCCCCCCCCc1nnc(CCCl)s1. The van der Waals surface area contributed by atoms with Crippen LogP contribution in [0.25, 0.3) is 0 Å². The first-order valence-corrected chi connectivity index (χ1v) is 9.09. The van der Waals surface area contributed by atoms with Crippen molar-refractivity contribution in [1.82, 2.24) is 10.2 Å². The van der Waals surface area contributed by atoms with Gasteiger partial charge >= 0.3 is 0 Å². The van der Waals surface area contributed by atoms with Crippen LogP contribution in [-0.2, 0) is 12.8 Å². The number of alkyl halides is 1. The third-order valence-electron chi connectivity index (χ3n) is 3.31. The molecule has 2 nitrogen and oxygen atoms in total. The molecule has 19 heavy (non-hydrogen) atoms. The van der Waals surface area contributed by atoms with E-state index in [4.69, 9.17) is 11.6 Å². The molecule has 0 bridgehead atoms. The molecule has 0 spiro atoms. The van der Waals surface area contributed by atoms with E-state index in [1.165, 1.54) is 62.8 Å². The highest BCUT2D eigenvalue weighted by Gasteiger charge is 2.03. The van der Waals surface area contributed by atoms with E-state index in [0.717, 1.165) is 17.8 Å². The van der Waals surface area contributed by atoms with Crippen molar-refractivity contribution in [3.63, 3.8) is 0 Å². The molecule has 0 fully saturated rings. The van der Waals surface area contributed by atoms with E-state index in [-0.39, 0.29) is 0 Å². The van der Waals surface area contributed by atoms with Gasteiger partial charge in [-0.05, 0) is 6.42 Å². The normalized spacial score (nSPS) is 11.1. The minimum Gasteiger partial charge on any atom is -0.144 e. The van der Waals surface area contributed by atoms with Gasteiger partial charge in [-0.3, -0.25) is 0 Å². The summed E-state index contributed by atoms with van der Waals surface area (Å²) >= 11 is 7.42. The zero-order valence-electron chi connectivity index (χ0n) is 12.2. The molecule has 0 amide bonds. The highest BCUT2D eigenvalue weighted by atomic mass is 35.5. The monoisotopic (exact) mass is 302 g/mol. The Morgan fingerprint density at radius 1 is 0.789 bits per heavy atom. The number of aryl methyl sites for hydroxylation is 2. The van der Waals surface area contributed by atoms with E-state index in [2.05, 4.69) is 17.1 Å². The molecule has 1 heterocycles. The Labute approximate surface area is 127 Å². The Kier molecular flexibility index (Phi) is 10.4. The summed E-state index contributed by atoms with van der Waals surface area (Å²) in [4.78, 5) is 0. The molecule has 4 heteroatoms. The Balaban J connectivity index is 1.92. The third-order valence-corrected chi connectivity index (χ3v) is 4.54. The van der Waals surface area contributed by atoms with E-state index in [0.29, 0.717) is 5.88 Å². The zero-order valence-corrected chi connectivity index (χ0v) is 13.7. The van der Waals surface area contributed by atoms with Crippen molar-refractivity contribution in [1.29, 1.82) is 0 Å². The maximum absolute atomic E-state index is 5.69. The van der Waals surface area contributed by atoms with Gasteiger partial charge in [0.15, 0.2) is 0 Å². The molecule has 1 aromatic rings. The van der Waals surface area contributed by atoms with Gasteiger partial charge < -0.3 is 0 Å². The lowest BCUT2D eigenvalue weighted by molar-refractivity contribution is 0.564. The summed E-state index contributed by atoms with van der Waals surface area (Å²) in [6, 6.07) is 0. The van der Waals surface area contributed by atoms with Gasteiger partial charge in [0.1, 0.15) is 10.0 Å². The van der Waals surface area contributed by atoms with Crippen LogP contribution in [0.3, 0.4) is 0 Å². The summed E-state index contributed by atoms with van der Waals surface area (Å²) in [6.45, 7) is 2.27. The molecule has 0 aliphatic heterocycles. The second-order valence-electron chi connectivity index (χ2n) is 5.11. The zero-order chi connectivity index (χ0) is 13.8. The van der Waals surface area contributed by atoms with Crippen LogP contribution in [0.5, 0.6) is 0 Å². The summed E-state index contributed by atoms with van der Waals surface area (Å²) in [7, 11) is 0. The Hall–Kier alpha value is -0.150. The number of halogens is 1. The lowest BCUT2D eigenvalue weighted by atomic mass is 10.1. The van der Waals surface area contributed by atoms with Crippen molar-refractivity contribution in [2.45, 2.75) is 77.6 Å². The molecule has 0 aromatic carbocycles. The molecular weight excluding hydrogens is 276 g/mol. The molecule has 0 N–H and O–H groups in total. The van der Waals surface area contributed by atoms with E-state index < -0.39 is 0 Å². The lowest BCUT2D eigenvalue weighted by Crippen LogP contribution is -1.86. The van der Waals surface area contributed by atoms with E-state index in [9.17, 15) is 0 Å². The van der Waals surface area contributed by atoms with Crippen molar-refractivity contribution in [2.24, 2.45) is 0 Å². The first-order chi connectivity index (χ1) is 9.36. The number of unbranched alkanes of at least 4 members (excludes halogenated alkanes) is 8. The Morgan fingerprint density at radius 3 is 1.89 bits per heavy atom. The van der Waals surface area contributed by atoms with Crippen molar-refractivity contribution in [3.05, 3.63) is 10.0 Å². The average Bonchev–Trinajstić information content (AvgIpc) is 2.85. The number of hydrogen-bond acceptors (Lipinski definition) is 3. The predicted molar refractivity (Wildman–Crippen MR) is 85.3 cm³/mol. The Bertz CT molecular complexity index is 315. The molecule has 110 valence electrons. The van der Waals surface area contributed by atoms with Gasteiger partial charge in [0.25, 0.3) is 0 Å². The van der Waals surface area contributed by atoms with E-state index in [1.807, 2.05) is 0 Å². The molecule has 0 saturated carbocycles. The van der Waals surface area contributed by atoms with Crippen LogP contribution in [0.4, 0.5) is 0 Å². The smallest absolute Gasteiger partial charge is 0.118 e. The van der Waals surface area contributed by atoms with Gasteiger partial charge in [0.2, 0.25) is 0 Å². The summed E-state index contributed by atoms with van der Waals surface area (Å²) in [6.07, 6.45) is 14.3. The van der Waals surface area contributed by atoms with Crippen LogP contribution in [0.2, 0.25) is 0 Å². The van der Waals surface area contributed by atoms with Gasteiger partial charge in [-0.15, -0.1) is 33.1 Å². The standard InChI is InChI=1S/C15H27ClN2S/c1-2-3-4-5-6-7-8-9-10-11-14-17-18-15(19-14)12-13-16/h2-13H2,1H3. The number of rotatable bonds is 12. The van der Waals surface area contributed by atoms with Gasteiger partial charge in [-0.2, -0.15) is 0 Å². The van der Waals surface area contributed by atoms with Crippen molar-refractivity contribution < 1.29 is 0 Å². The fourth-order valence-electron chi connectivity index (χ4n) is 2.16. The van der Waals surface area contributed by atoms with Crippen LogP contribution >= 0.6 is 22.9 Å². The average molecular weight is 303 g/mol. The molecule has 0 aliphatic rings. The first kappa shape index (κ1) is 16.9. The van der Waals surface area contributed by atoms with Crippen molar-refractivity contribution in [3.8, 4) is 0 Å². The second kappa shape index (κ2) is 11.7. The minimum atomic E-state index is 0.646. The highest BCUT2D eigenvalue weighted by molar-refractivity contribution is 7.11. The van der Waals surface area contributed by atoms with Crippen LogP contribution in [0.1, 0.15) is 74.7 Å².